The molecule has 3 aliphatic heterocycles. The fourth-order valence-corrected chi connectivity index (χ4v) is 11.9. The average molecular weight is 1260 g/mol. The monoisotopic (exact) mass is 1260 g/mol. The molecule has 0 aliphatic carbocycles. The number of allylic oxidation sites excluding steroid dienone is 5. The Hall–Kier alpha value is -1.99. The zero-order chi connectivity index (χ0) is 64.0. The highest BCUT2D eigenvalue weighted by atomic mass is 16.8. The molecule has 12 N–H and O–H groups in total. The van der Waals surface area contributed by atoms with E-state index in [9.17, 15) is 61.0 Å². The van der Waals surface area contributed by atoms with Crippen molar-refractivity contribution in [2.75, 3.05) is 26.4 Å². The average Bonchev–Trinajstić information content (AvgIpc) is 3.59. The number of ether oxygens (including phenoxy) is 6. The van der Waals surface area contributed by atoms with Crippen LogP contribution in [0.1, 0.15) is 264 Å². The van der Waals surface area contributed by atoms with Crippen LogP contribution in [0.3, 0.4) is 0 Å². The van der Waals surface area contributed by atoms with Gasteiger partial charge in [0.2, 0.25) is 5.91 Å². The lowest BCUT2D eigenvalue weighted by molar-refractivity contribution is -0.379. The normalized spacial score (nSPS) is 28.6. The topological polar surface area (TPSA) is 307 Å². The molecule has 17 atom stereocenters. The summed E-state index contributed by atoms with van der Waals surface area (Å²) in [5, 5.41) is 120. The third kappa shape index (κ3) is 33.2. The first kappa shape index (κ1) is 80.2. The molecule has 0 radical (unpaired) electrons. The van der Waals surface area contributed by atoms with Gasteiger partial charge in [0.1, 0.15) is 73.2 Å². The van der Waals surface area contributed by atoms with Gasteiger partial charge in [-0.1, -0.05) is 243 Å². The van der Waals surface area contributed by atoms with E-state index in [1.165, 1.54) is 167 Å². The van der Waals surface area contributed by atoms with Crippen LogP contribution in [0.4, 0.5) is 0 Å². The van der Waals surface area contributed by atoms with Crippen molar-refractivity contribution in [1.29, 1.82) is 0 Å². The van der Waals surface area contributed by atoms with E-state index in [4.69, 9.17) is 28.4 Å². The summed E-state index contributed by atoms with van der Waals surface area (Å²) in [4.78, 5) is 13.4. The Bertz CT molecular complexity index is 1740. The summed E-state index contributed by atoms with van der Waals surface area (Å²) >= 11 is 0. The molecule has 0 aromatic carbocycles. The van der Waals surface area contributed by atoms with Crippen molar-refractivity contribution in [1.82, 2.24) is 5.32 Å². The predicted molar refractivity (Wildman–Crippen MR) is 342 cm³/mol. The number of aliphatic hydroxyl groups is 11. The quantitative estimate of drug-likeness (QED) is 0.0199. The molecule has 0 aromatic rings. The molecular formula is C69H127NO18. The third-order valence-corrected chi connectivity index (χ3v) is 17.7. The van der Waals surface area contributed by atoms with Gasteiger partial charge in [-0.15, -0.1) is 0 Å². The number of hydrogen-bond acceptors (Lipinski definition) is 18. The number of amides is 1. The molecule has 3 rings (SSSR count). The molecule has 3 saturated heterocycles. The van der Waals surface area contributed by atoms with Gasteiger partial charge in [0.25, 0.3) is 0 Å². The Morgan fingerprint density at radius 1 is 0.409 bits per heavy atom. The highest BCUT2D eigenvalue weighted by molar-refractivity contribution is 5.76. The molecule has 19 heteroatoms. The smallest absolute Gasteiger partial charge is 0.220 e. The van der Waals surface area contributed by atoms with Crippen LogP contribution in [-0.4, -0.2) is 193 Å². The van der Waals surface area contributed by atoms with Gasteiger partial charge >= 0.3 is 0 Å². The zero-order valence-electron chi connectivity index (χ0n) is 54.5. The lowest BCUT2D eigenvalue weighted by Gasteiger charge is -2.48. The first-order chi connectivity index (χ1) is 42.8. The van der Waals surface area contributed by atoms with Gasteiger partial charge in [-0.05, 0) is 51.4 Å². The Kier molecular flexibility index (Phi) is 46.9. The highest BCUT2D eigenvalue weighted by Gasteiger charge is 2.53. The number of carbonyl (C=O) groups is 1. The summed E-state index contributed by atoms with van der Waals surface area (Å²) in [7, 11) is 0. The second kappa shape index (κ2) is 51.4. The second-order valence-electron chi connectivity index (χ2n) is 25.3. The van der Waals surface area contributed by atoms with E-state index in [0.29, 0.717) is 6.42 Å². The molecule has 0 spiro atoms. The molecule has 17 unspecified atom stereocenters. The van der Waals surface area contributed by atoms with E-state index >= 15 is 0 Å². The SMILES string of the molecule is CCCCC/C=C\C/C=C\CCCCCCCC(=O)NC(COC1OC(CO)C(OC2OC(CO)C(OC3OC(CO)C(O)C(O)C3O)C(O)C2O)C(O)C1O)C(O)/C=C/CCCCCCCCCCCCCCCCCCCCCCCCCCCC. The van der Waals surface area contributed by atoms with Crippen molar-refractivity contribution in [3.63, 3.8) is 0 Å². The van der Waals surface area contributed by atoms with Crippen molar-refractivity contribution in [3.8, 4) is 0 Å². The minimum atomic E-state index is -1.98. The van der Waals surface area contributed by atoms with Crippen LogP contribution in [0.2, 0.25) is 0 Å². The lowest BCUT2D eigenvalue weighted by Crippen LogP contribution is -2.66. The number of nitrogens with one attached hydrogen (secondary N) is 1. The highest BCUT2D eigenvalue weighted by Crippen LogP contribution is 2.33. The lowest BCUT2D eigenvalue weighted by atomic mass is 9.96. The number of hydrogen-bond donors (Lipinski definition) is 12. The van der Waals surface area contributed by atoms with Crippen molar-refractivity contribution < 1.29 is 89.4 Å². The summed E-state index contributed by atoms with van der Waals surface area (Å²) in [6.07, 6.45) is 32.7. The van der Waals surface area contributed by atoms with Gasteiger partial charge in [-0.3, -0.25) is 4.79 Å². The third-order valence-electron chi connectivity index (χ3n) is 17.7. The van der Waals surface area contributed by atoms with E-state index in [0.717, 1.165) is 70.6 Å². The van der Waals surface area contributed by atoms with E-state index in [1.54, 1.807) is 6.08 Å². The maximum absolute atomic E-state index is 13.4. The van der Waals surface area contributed by atoms with Gasteiger partial charge in [0, 0.05) is 6.42 Å². The molecule has 3 aliphatic rings. The standard InChI is InChI=1S/C69H127NO18/c1-3-5-7-9-11-13-15-17-19-20-21-22-23-24-25-26-27-28-29-30-31-33-34-36-38-40-42-44-46-53(74)52(70-57(75)47-45-43-41-39-37-35-32-18-16-14-12-10-8-6-4-2)51-83-67-63(81)60(78)65(55(49-72)85-67)88-69-64(82)61(79)66(56(50-73)86-69)87-68-62(80)59(77)58(76)54(48-71)84-68/h12,14,18,32,44,46,52-56,58-69,71-74,76-82H,3-11,13,15-17,19-31,33-43,45,47-51H2,1-2H3,(H,70,75)/b14-12-,32-18-,46-44+. The van der Waals surface area contributed by atoms with E-state index < -0.39 is 124 Å². The van der Waals surface area contributed by atoms with Crippen molar-refractivity contribution in [2.24, 2.45) is 0 Å². The van der Waals surface area contributed by atoms with Crippen molar-refractivity contribution >= 4 is 5.91 Å². The number of unbranched alkanes of at least 4 members (excludes halogenated alkanes) is 34. The van der Waals surface area contributed by atoms with Crippen LogP contribution in [0.25, 0.3) is 0 Å². The van der Waals surface area contributed by atoms with Crippen LogP contribution in [0.5, 0.6) is 0 Å². The number of aliphatic hydroxyl groups excluding tert-OH is 11. The fraction of sp³-hybridized carbons (Fsp3) is 0.899. The van der Waals surface area contributed by atoms with Gasteiger partial charge in [0.05, 0.1) is 38.6 Å². The molecule has 88 heavy (non-hydrogen) atoms. The largest absolute Gasteiger partial charge is 0.394 e. The molecular weight excluding hydrogens is 1130 g/mol. The van der Waals surface area contributed by atoms with Gasteiger partial charge < -0.3 is 89.9 Å². The van der Waals surface area contributed by atoms with Gasteiger partial charge in [0.15, 0.2) is 18.9 Å². The maximum atomic E-state index is 13.4. The minimum Gasteiger partial charge on any atom is -0.394 e. The Morgan fingerprint density at radius 3 is 1.18 bits per heavy atom. The molecule has 3 fully saturated rings. The van der Waals surface area contributed by atoms with Crippen LogP contribution in [0, 0.1) is 0 Å². The van der Waals surface area contributed by atoms with Crippen molar-refractivity contribution in [3.05, 3.63) is 36.5 Å². The Morgan fingerprint density at radius 2 is 0.750 bits per heavy atom. The van der Waals surface area contributed by atoms with E-state index in [2.05, 4.69) is 43.5 Å². The number of carbonyl (C=O) groups excluding carboxylic acids is 1. The molecule has 1 amide bonds. The van der Waals surface area contributed by atoms with Gasteiger partial charge in [-0.25, -0.2) is 0 Å². The van der Waals surface area contributed by atoms with Crippen LogP contribution >= 0.6 is 0 Å². The minimum absolute atomic E-state index is 0.228. The summed E-state index contributed by atoms with van der Waals surface area (Å²) in [5.41, 5.74) is 0. The Labute approximate surface area is 530 Å². The molecule has 0 bridgehead atoms. The summed E-state index contributed by atoms with van der Waals surface area (Å²) in [6.45, 7) is 1.71. The number of rotatable bonds is 54. The van der Waals surface area contributed by atoms with Crippen LogP contribution < -0.4 is 5.32 Å². The summed E-state index contributed by atoms with van der Waals surface area (Å²) in [5.74, 6) is -0.288. The van der Waals surface area contributed by atoms with E-state index in [-0.39, 0.29) is 18.9 Å². The maximum Gasteiger partial charge on any atom is 0.220 e. The van der Waals surface area contributed by atoms with Crippen LogP contribution in [0.15, 0.2) is 36.5 Å². The molecule has 516 valence electrons. The molecule has 19 nitrogen and oxygen atoms in total. The summed E-state index contributed by atoms with van der Waals surface area (Å²) < 4.78 is 34.3. The zero-order valence-corrected chi connectivity index (χ0v) is 54.5. The first-order valence-electron chi connectivity index (χ1n) is 35.2. The molecule has 3 heterocycles. The molecule has 0 aromatic heterocycles. The van der Waals surface area contributed by atoms with Crippen LogP contribution in [-0.2, 0) is 33.2 Å². The second-order valence-corrected chi connectivity index (χ2v) is 25.3. The first-order valence-corrected chi connectivity index (χ1v) is 35.2. The van der Waals surface area contributed by atoms with Crippen molar-refractivity contribution in [2.45, 2.75) is 369 Å². The van der Waals surface area contributed by atoms with Gasteiger partial charge in [-0.2, -0.15) is 0 Å². The predicted octanol–water partition coefficient (Wildman–Crippen LogP) is 9.22. The van der Waals surface area contributed by atoms with E-state index in [1.807, 2.05) is 6.08 Å². The molecule has 0 saturated carbocycles. The fourth-order valence-electron chi connectivity index (χ4n) is 11.9. The summed E-state index contributed by atoms with van der Waals surface area (Å²) in [6, 6.07) is -0.981. The Balaban J connectivity index is 1.42.